The number of aromatic nitrogens is 2. The van der Waals surface area contributed by atoms with E-state index in [1.165, 1.54) is 11.1 Å². The molecule has 0 amide bonds. The van der Waals surface area contributed by atoms with Gasteiger partial charge >= 0.3 is 0 Å². The molecule has 0 spiro atoms. The summed E-state index contributed by atoms with van der Waals surface area (Å²) in [6.07, 6.45) is 3.90. The minimum Gasteiger partial charge on any atom is -0.493 e. The van der Waals surface area contributed by atoms with Crippen LogP contribution in [0.4, 0.5) is 0 Å². The SMILES string of the molecule is Cn1nccc1C(=O)CCc1ccc2c(c1)CCO2. The number of Topliss-reactive ketones (excluding diaryl/α,β-unsaturated/α-hetero) is 1. The summed E-state index contributed by atoms with van der Waals surface area (Å²) >= 11 is 0. The van der Waals surface area contributed by atoms with Gasteiger partial charge in [0.25, 0.3) is 0 Å². The van der Waals surface area contributed by atoms with Gasteiger partial charge in [0, 0.05) is 26.1 Å². The molecule has 2 aromatic rings. The number of nitrogens with zero attached hydrogens (tertiary/aromatic N) is 2. The van der Waals surface area contributed by atoms with Crippen molar-refractivity contribution in [3.63, 3.8) is 0 Å². The zero-order valence-electron chi connectivity index (χ0n) is 10.9. The fourth-order valence-electron chi connectivity index (χ4n) is 2.43. The quantitative estimate of drug-likeness (QED) is 0.787. The highest BCUT2D eigenvalue weighted by atomic mass is 16.5. The second-order valence-corrected chi connectivity index (χ2v) is 4.80. The van der Waals surface area contributed by atoms with E-state index in [-0.39, 0.29) is 5.78 Å². The van der Waals surface area contributed by atoms with Crippen molar-refractivity contribution >= 4 is 5.78 Å². The topological polar surface area (TPSA) is 44.1 Å². The molecule has 0 aliphatic carbocycles. The van der Waals surface area contributed by atoms with Crippen molar-refractivity contribution in [2.75, 3.05) is 6.61 Å². The molecule has 4 heteroatoms. The van der Waals surface area contributed by atoms with Gasteiger partial charge in [0.15, 0.2) is 5.78 Å². The standard InChI is InChI=1S/C15H16N2O2/c1-17-13(6-8-16-17)14(18)4-2-11-3-5-15-12(10-11)7-9-19-15/h3,5-6,8,10H,2,4,7,9H2,1H3. The molecule has 1 aliphatic heterocycles. The fourth-order valence-corrected chi connectivity index (χ4v) is 2.43. The number of ether oxygens (including phenoxy) is 1. The lowest BCUT2D eigenvalue weighted by molar-refractivity contribution is 0.0973. The van der Waals surface area contributed by atoms with Gasteiger partial charge in [0.2, 0.25) is 0 Å². The van der Waals surface area contributed by atoms with Gasteiger partial charge in [-0.25, -0.2) is 0 Å². The van der Waals surface area contributed by atoms with Crippen LogP contribution in [0.15, 0.2) is 30.5 Å². The van der Waals surface area contributed by atoms with Crippen LogP contribution in [0.2, 0.25) is 0 Å². The largest absolute Gasteiger partial charge is 0.493 e. The van der Waals surface area contributed by atoms with Crippen LogP contribution in [0, 0.1) is 0 Å². The lowest BCUT2D eigenvalue weighted by Gasteiger charge is -2.04. The number of aryl methyl sites for hydroxylation is 2. The molecule has 0 bridgehead atoms. The van der Waals surface area contributed by atoms with Crippen molar-refractivity contribution in [3.8, 4) is 5.75 Å². The first-order chi connectivity index (χ1) is 9.24. The molecule has 0 radical (unpaired) electrons. The Labute approximate surface area is 112 Å². The molecule has 2 heterocycles. The first kappa shape index (κ1) is 12.0. The second-order valence-electron chi connectivity index (χ2n) is 4.80. The third kappa shape index (κ3) is 2.38. The summed E-state index contributed by atoms with van der Waals surface area (Å²) in [5, 5.41) is 4.02. The molecule has 0 saturated carbocycles. The second kappa shape index (κ2) is 4.88. The number of carbonyl (C=O) groups excluding carboxylic acids is 1. The van der Waals surface area contributed by atoms with E-state index < -0.39 is 0 Å². The molecule has 3 rings (SSSR count). The summed E-state index contributed by atoms with van der Waals surface area (Å²) in [6, 6.07) is 7.96. The molecular formula is C15H16N2O2. The van der Waals surface area contributed by atoms with Gasteiger partial charge in [-0.3, -0.25) is 9.48 Å². The smallest absolute Gasteiger partial charge is 0.181 e. The first-order valence-corrected chi connectivity index (χ1v) is 6.50. The Balaban J connectivity index is 1.66. The maximum absolute atomic E-state index is 12.0. The van der Waals surface area contributed by atoms with Crippen LogP contribution in [0.25, 0.3) is 0 Å². The van der Waals surface area contributed by atoms with Crippen LogP contribution in [0.1, 0.15) is 28.0 Å². The van der Waals surface area contributed by atoms with E-state index in [1.807, 2.05) is 12.1 Å². The maximum atomic E-state index is 12.0. The van der Waals surface area contributed by atoms with Crippen molar-refractivity contribution in [3.05, 3.63) is 47.3 Å². The van der Waals surface area contributed by atoms with Crippen molar-refractivity contribution in [2.24, 2.45) is 7.05 Å². The van der Waals surface area contributed by atoms with E-state index in [0.717, 1.165) is 25.2 Å². The van der Waals surface area contributed by atoms with Crippen LogP contribution in [-0.4, -0.2) is 22.2 Å². The molecular weight excluding hydrogens is 240 g/mol. The summed E-state index contributed by atoms with van der Waals surface area (Å²) in [6.45, 7) is 0.771. The Kier molecular flexibility index (Phi) is 3.07. The van der Waals surface area contributed by atoms with Crippen molar-refractivity contribution < 1.29 is 9.53 Å². The molecule has 0 N–H and O–H groups in total. The Morgan fingerprint density at radius 2 is 2.32 bits per heavy atom. The minimum atomic E-state index is 0.136. The molecule has 1 aliphatic rings. The van der Waals surface area contributed by atoms with E-state index in [1.54, 1.807) is 24.0 Å². The highest BCUT2D eigenvalue weighted by Crippen LogP contribution is 2.26. The van der Waals surface area contributed by atoms with Gasteiger partial charge in [-0.1, -0.05) is 12.1 Å². The summed E-state index contributed by atoms with van der Waals surface area (Å²) in [7, 11) is 1.79. The van der Waals surface area contributed by atoms with Crippen LogP contribution >= 0.6 is 0 Å². The van der Waals surface area contributed by atoms with Crippen LogP contribution in [0.5, 0.6) is 5.75 Å². The lowest BCUT2D eigenvalue weighted by atomic mass is 10.0. The van der Waals surface area contributed by atoms with Crippen molar-refractivity contribution in [1.29, 1.82) is 0 Å². The Morgan fingerprint density at radius 3 is 3.11 bits per heavy atom. The van der Waals surface area contributed by atoms with E-state index in [2.05, 4.69) is 11.2 Å². The monoisotopic (exact) mass is 256 g/mol. The predicted octanol–water partition coefficient (Wildman–Crippen LogP) is 2.17. The number of hydrogen-bond donors (Lipinski definition) is 0. The fraction of sp³-hybridized carbons (Fsp3) is 0.333. The molecule has 0 atom stereocenters. The predicted molar refractivity (Wildman–Crippen MR) is 71.5 cm³/mol. The average molecular weight is 256 g/mol. The zero-order chi connectivity index (χ0) is 13.2. The highest BCUT2D eigenvalue weighted by molar-refractivity contribution is 5.94. The molecule has 98 valence electrons. The number of fused-ring (bicyclic) bond motifs is 1. The number of ketones is 1. The number of benzene rings is 1. The minimum absolute atomic E-state index is 0.136. The highest BCUT2D eigenvalue weighted by Gasteiger charge is 2.13. The molecule has 0 unspecified atom stereocenters. The van der Waals surface area contributed by atoms with Crippen molar-refractivity contribution in [2.45, 2.75) is 19.3 Å². The molecule has 19 heavy (non-hydrogen) atoms. The van der Waals surface area contributed by atoms with Crippen LogP contribution in [-0.2, 0) is 19.9 Å². The maximum Gasteiger partial charge on any atom is 0.181 e. The van der Waals surface area contributed by atoms with Gasteiger partial charge in [-0.2, -0.15) is 5.10 Å². The normalized spacial score (nSPS) is 13.1. The molecule has 4 nitrogen and oxygen atoms in total. The number of carbonyl (C=O) groups is 1. The van der Waals surface area contributed by atoms with E-state index in [9.17, 15) is 4.79 Å². The van der Waals surface area contributed by atoms with Gasteiger partial charge < -0.3 is 4.74 Å². The first-order valence-electron chi connectivity index (χ1n) is 6.50. The van der Waals surface area contributed by atoms with E-state index in [0.29, 0.717) is 12.1 Å². The molecule has 0 saturated heterocycles. The molecule has 1 aromatic heterocycles. The Bertz CT molecular complexity index is 616. The third-order valence-electron chi connectivity index (χ3n) is 3.50. The molecule has 1 aromatic carbocycles. The zero-order valence-corrected chi connectivity index (χ0v) is 10.9. The Hall–Kier alpha value is -2.10. The van der Waals surface area contributed by atoms with Gasteiger partial charge in [0.05, 0.1) is 6.61 Å². The van der Waals surface area contributed by atoms with Crippen LogP contribution < -0.4 is 4.74 Å². The summed E-state index contributed by atoms with van der Waals surface area (Å²) in [5.41, 5.74) is 3.12. The Morgan fingerprint density at radius 1 is 1.42 bits per heavy atom. The van der Waals surface area contributed by atoms with Gasteiger partial charge in [-0.15, -0.1) is 0 Å². The van der Waals surface area contributed by atoms with E-state index in [4.69, 9.17) is 4.74 Å². The lowest BCUT2D eigenvalue weighted by Crippen LogP contribution is -2.07. The van der Waals surface area contributed by atoms with E-state index >= 15 is 0 Å². The van der Waals surface area contributed by atoms with Crippen molar-refractivity contribution in [1.82, 2.24) is 9.78 Å². The summed E-state index contributed by atoms with van der Waals surface area (Å²) in [5.74, 6) is 1.12. The van der Waals surface area contributed by atoms with Gasteiger partial charge in [-0.05, 0) is 29.7 Å². The number of hydrogen-bond acceptors (Lipinski definition) is 3. The van der Waals surface area contributed by atoms with Crippen LogP contribution in [0.3, 0.4) is 0 Å². The van der Waals surface area contributed by atoms with Gasteiger partial charge in [0.1, 0.15) is 11.4 Å². The average Bonchev–Trinajstić information content (AvgIpc) is 3.03. The number of rotatable bonds is 4. The molecule has 0 fully saturated rings. The summed E-state index contributed by atoms with van der Waals surface area (Å²) < 4.78 is 7.10. The summed E-state index contributed by atoms with van der Waals surface area (Å²) in [4.78, 5) is 12.0. The third-order valence-corrected chi connectivity index (χ3v) is 3.50.